The van der Waals surface area contributed by atoms with Gasteiger partial charge >= 0.3 is 0 Å². The van der Waals surface area contributed by atoms with Crippen LogP contribution in [0.15, 0.2) is 24.3 Å². The molecule has 0 saturated carbocycles. The van der Waals surface area contributed by atoms with Gasteiger partial charge in [0.15, 0.2) is 0 Å². The van der Waals surface area contributed by atoms with Gasteiger partial charge in [0.05, 0.1) is 10.9 Å². The maximum Gasteiger partial charge on any atom is 0.251 e. The lowest BCUT2D eigenvalue weighted by molar-refractivity contribution is 0.0950. The van der Waals surface area contributed by atoms with Gasteiger partial charge in [-0.05, 0) is 24.3 Å². The molecule has 0 radical (unpaired) electrons. The van der Waals surface area contributed by atoms with E-state index in [1.165, 1.54) is 18.4 Å². The van der Waals surface area contributed by atoms with E-state index in [0.29, 0.717) is 4.34 Å². The van der Waals surface area contributed by atoms with Crippen LogP contribution in [-0.4, -0.2) is 13.0 Å². The number of rotatable bonds is 4. The Balaban J connectivity index is 2.09. The van der Waals surface area contributed by atoms with Crippen molar-refractivity contribution in [3.05, 3.63) is 50.7 Å². The summed E-state index contributed by atoms with van der Waals surface area (Å²) >= 11 is 7.10. The van der Waals surface area contributed by atoms with Crippen molar-refractivity contribution in [2.24, 2.45) is 0 Å². The molecule has 0 saturated heterocycles. The minimum atomic E-state index is -0.809. The minimum absolute atomic E-state index is 0.0679. The zero-order chi connectivity index (χ0) is 14.7. The molecule has 7 heteroatoms. The van der Waals surface area contributed by atoms with Gasteiger partial charge in [0.2, 0.25) is 0 Å². The van der Waals surface area contributed by atoms with Crippen molar-refractivity contribution in [3.8, 4) is 0 Å². The summed E-state index contributed by atoms with van der Waals surface area (Å²) < 4.78 is 27.7. The number of amides is 1. The molecule has 2 rings (SSSR count). The van der Waals surface area contributed by atoms with E-state index in [1.54, 1.807) is 12.1 Å². The normalized spacial score (nSPS) is 10.4. The molecule has 0 aliphatic carbocycles. The Morgan fingerprint density at radius 1 is 1.30 bits per heavy atom. The number of halogens is 3. The van der Waals surface area contributed by atoms with E-state index < -0.39 is 17.5 Å². The van der Waals surface area contributed by atoms with Gasteiger partial charge in [-0.1, -0.05) is 11.6 Å². The molecular formula is C13H11ClF2N2OS. The second-order valence-electron chi connectivity index (χ2n) is 3.95. The lowest BCUT2D eigenvalue weighted by atomic mass is 10.1. The first-order valence-corrected chi connectivity index (χ1v) is 6.90. The molecule has 1 amide bonds. The highest BCUT2D eigenvalue weighted by atomic mass is 35.5. The zero-order valence-corrected chi connectivity index (χ0v) is 12.0. The van der Waals surface area contributed by atoms with Gasteiger partial charge in [0.25, 0.3) is 5.91 Å². The first kappa shape index (κ1) is 14.7. The van der Waals surface area contributed by atoms with Crippen LogP contribution in [0.1, 0.15) is 15.2 Å². The second-order valence-corrected chi connectivity index (χ2v) is 5.75. The summed E-state index contributed by atoms with van der Waals surface area (Å²) in [7, 11) is 1.40. The van der Waals surface area contributed by atoms with Gasteiger partial charge in [-0.25, -0.2) is 8.78 Å². The molecule has 1 aromatic carbocycles. The Morgan fingerprint density at radius 3 is 2.45 bits per heavy atom. The summed E-state index contributed by atoms with van der Waals surface area (Å²) in [4.78, 5) is 12.7. The maximum absolute atomic E-state index is 13.5. The number of thiophene rings is 1. The van der Waals surface area contributed by atoms with Crippen molar-refractivity contribution in [2.45, 2.75) is 6.54 Å². The summed E-state index contributed by atoms with van der Waals surface area (Å²) in [5, 5.41) is 4.98. The van der Waals surface area contributed by atoms with Crippen LogP contribution in [0.4, 0.5) is 14.5 Å². The summed E-state index contributed by atoms with van der Waals surface area (Å²) in [6.45, 7) is 0.257. The highest BCUT2D eigenvalue weighted by molar-refractivity contribution is 7.16. The molecule has 1 aromatic heterocycles. The fraction of sp³-hybridized carbons (Fsp3) is 0.154. The predicted octanol–water partition coefficient (Wildman–Crippen LogP) is 3.65. The van der Waals surface area contributed by atoms with Crippen LogP contribution in [0.25, 0.3) is 0 Å². The standard InChI is InChI=1S/C13H11ClF2N2OS/c1-17-12-9(15)4-7(5-10(12)16)13(19)18-6-8-2-3-11(14)20-8/h2-5,17H,6H2,1H3,(H,18,19). The molecule has 0 fully saturated rings. The smallest absolute Gasteiger partial charge is 0.251 e. The maximum atomic E-state index is 13.5. The molecule has 3 nitrogen and oxygen atoms in total. The van der Waals surface area contributed by atoms with E-state index in [2.05, 4.69) is 10.6 Å². The van der Waals surface area contributed by atoms with Crippen LogP contribution in [0.2, 0.25) is 4.34 Å². The molecular weight excluding hydrogens is 306 g/mol. The molecule has 0 aliphatic rings. The summed E-state index contributed by atoms with van der Waals surface area (Å²) in [5.74, 6) is -2.16. The Morgan fingerprint density at radius 2 is 1.95 bits per heavy atom. The molecule has 1 heterocycles. The molecule has 20 heavy (non-hydrogen) atoms. The average Bonchev–Trinajstić information content (AvgIpc) is 2.81. The van der Waals surface area contributed by atoms with E-state index in [0.717, 1.165) is 17.0 Å². The molecule has 2 N–H and O–H groups in total. The highest BCUT2D eigenvalue weighted by Crippen LogP contribution is 2.22. The Labute approximate surface area is 123 Å². The van der Waals surface area contributed by atoms with Crippen molar-refractivity contribution >= 4 is 34.5 Å². The van der Waals surface area contributed by atoms with Crippen LogP contribution in [0, 0.1) is 11.6 Å². The summed E-state index contributed by atoms with van der Waals surface area (Å²) in [6, 6.07) is 5.48. The fourth-order valence-corrected chi connectivity index (χ4v) is 2.69. The van der Waals surface area contributed by atoms with Gasteiger partial charge in [-0.15, -0.1) is 11.3 Å². The fourth-order valence-electron chi connectivity index (χ4n) is 1.66. The van der Waals surface area contributed by atoms with Gasteiger partial charge in [0, 0.05) is 17.5 Å². The van der Waals surface area contributed by atoms with Gasteiger partial charge in [-0.3, -0.25) is 4.79 Å². The van der Waals surface area contributed by atoms with E-state index in [9.17, 15) is 13.6 Å². The number of nitrogens with one attached hydrogen (secondary N) is 2. The SMILES string of the molecule is CNc1c(F)cc(C(=O)NCc2ccc(Cl)s2)cc1F. The number of benzene rings is 1. The molecule has 0 aliphatic heterocycles. The second kappa shape index (κ2) is 6.19. The first-order valence-electron chi connectivity index (χ1n) is 5.70. The van der Waals surface area contributed by atoms with Gasteiger partial charge in [0.1, 0.15) is 17.3 Å². The van der Waals surface area contributed by atoms with Crippen molar-refractivity contribution in [1.82, 2.24) is 5.32 Å². The molecule has 0 bridgehead atoms. The van der Waals surface area contributed by atoms with Crippen molar-refractivity contribution in [1.29, 1.82) is 0 Å². The van der Waals surface area contributed by atoms with Crippen molar-refractivity contribution in [2.75, 3.05) is 12.4 Å². The summed E-state index contributed by atoms with van der Waals surface area (Å²) in [6.07, 6.45) is 0. The number of carbonyl (C=O) groups excluding carboxylic acids is 1. The third-order valence-corrected chi connectivity index (χ3v) is 3.84. The lowest BCUT2D eigenvalue weighted by Gasteiger charge is -2.08. The molecule has 106 valence electrons. The zero-order valence-electron chi connectivity index (χ0n) is 10.5. The Bertz CT molecular complexity index is 622. The summed E-state index contributed by atoms with van der Waals surface area (Å²) in [5.41, 5.74) is -0.326. The average molecular weight is 317 g/mol. The van der Waals surface area contributed by atoms with E-state index in [-0.39, 0.29) is 17.8 Å². The molecule has 0 unspecified atom stereocenters. The monoisotopic (exact) mass is 316 g/mol. The number of hydrogen-bond donors (Lipinski definition) is 2. The minimum Gasteiger partial charge on any atom is -0.383 e. The third kappa shape index (κ3) is 3.26. The van der Waals surface area contributed by atoms with Crippen LogP contribution in [0.3, 0.4) is 0 Å². The van der Waals surface area contributed by atoms with Crippen LogP contribution >= 0.6 is 22.9 Å². The van der Waals surface area contributed by atoms with E-state index >= 15 is 0 Å². The molecule has 2 aromatic rings. The quantitative estimate of drug-likeness (QED) is 0.904. The first-order chi connectivity index (χ1) is 9.51. The van der Waals surface area contributed by atoms with Crippen LogP contribution in [0.5, 0.6) is 0 Å². The highest BCUT2D eigenvalue weighted by Gasteiger charge is 2.14. The largest absolute Gasteiger partial charge is 0.383 e. The lowest BCUT2D eigenvalue weighted by Crippen LogP contribution is -2.22. The van der Waals surface area contributed by atoms with Crippen molar-refractivity contribution < 1.29 is 13.6 Å². The number of hydrogen-bond acceptors (Lipinski definition) is 3. The topological polar surface area (TPSA) is 41.1 Å². The Hall–Kier alpha value is -1.66. The van der Waals surface area contributed by atoms with Gasteiger partial charge in [-0.2, -0.15) is 0 Å². The molecule has 0 spiro atoms. The Kier molecular flexibility index (Phi) is 4.57. The number of anilines is 1. The van der Waals surface area contributed by atoms with E-state index in [1.807, 2.05) is 0 Å². The van der Waals surface area contributed by atoms with Crippen LogP contribution < -0.4 is 10.6 Å². The third-order valence-electron chi connectivity index (χ3n) is 2.61. The predicted molar refractivity (Wildman–Crippen MR) is 76.4 cm³/mol. The van der Waals surface area contributed by atoms with E-state index in [4.69, 9.17) is 11.6 Å². The van der Waals surface area contributed by atoms with Crippen LogP contribution in [-0.2, 0) is 6.54 Å². The van der Waals surface area contributed by atoms with Crippen molar-refractivity contribution in [3.63, 3.8) is 0 Å². The number of carbonyl (C=O) groups is 1. The van der Waals surface area contributed by atoms with Gasteiger partial charge < -0.3 is 10.6 Å². The molecule has 0 atom stereocenters.